The molecule has 0 aliphatic heterocycles. The quantitative estimate of drug-likeness (QED) is 0.262. The molecule has 0 aromatic heterocycles. The molecule has 3 aromatic rings. The van der Waals surface area contributed by atoms with E-state index in [-0.39, 0.29) is 18.1 Å². The summed E-state index contributed by atoms with van der Waals surface area (Å²) in [6.45, 7) is 3.55. The van der Waals surface area contributed by atoms with E-state index in [0.29, 0.717) is 40.1 Å². The highest BCUT2D eigenvalue weighted by Gasteiger charge is 2.32. The maximum Gasteiger partial charge on any atom is 0.244 e. The Morgan fingerprint density at radius 2 is 1.50 bits per heavy atom. The van der Waals surface area contributed by atoms with Gasteiger partial charge in [0.05, 0.1) is 11.9 Å². The Morgan fingerprint density at radius 3 is 2.05 bits per heavy atom. The first-order valence-electron chi connectivity index (χ1n) is 12.9. The van der Waals surface area contributed by atoms with E-state index in [4.69, 9.17) is 27.9 Å². The van der Waals surface area contributed by atoms with Crippen LogP contribution in [0.4, 0.5) is 5.69 Å². The Hall–Kier alpha value is -3.27. The van der Waals surface area contributed by atoms with Gasteiger partial charge < -0.3 is 15.0 Å². The van der Waals surface area contributed by atoms with E-state index in [1.165, 1.54) is 4.90 Å². The van der Waals surface area contributed by atoms with Crippen molar-refractivity contribution in [1.29, 1.82) is 0 Å². The molecule has 0 fully saturated rings. The number of halogens is 2. The fraction of sp³-hybridized carbons (Fsp3) is 0.310. The highest BCUT2D eigenvalue weighted by Crippen LogP contribution is 2.29. The molecule has 3 rings (SSSR count). The summed E-state index contributed by atoms with van der Waals surface area (Å²) in [5, 5.41) is 3.50. The number of carbonyl (C=O) groups is 2. The lowest BCUT2D eigenvalue weighted by Crippen LogP contribution is -2.52. The number of para-hydroxylation sites is 1. The van der Waals surface area contributed by atoms with Crippen LogP contribution in [0.5, 0.6) is 11.5 Å². The van der Waals surface area contributed by atoms with Crippen molar-refractivity contribution < 1.29 is 22.7 Å². The number of amides is 2. The summed E-state index contributed by atoms with van der Waals surface area (Å²) in [6.07, 6.45) is 2.04. The van der Waals surface area contributed by atoms with Gasteiger partial charge in [0.1, 0.15) is 24.1 Å². The lowest BCUT2D eigenvalue weighted by molar-refractivity contribution is -0.140. The van der Waals surface area contributed by atoms with E-state index in [0.717, 1.165) is 17.0 Å². The fourth-order valence-corrected chi connectivity index (χ4v) is 5.42. The number of hydrogen-bond acceptors (Lipinski definition) is 5. The predicted molar refractivity (Wildman–Crippen MR) is 160 cm³/mol. The number of anilines is 1. The molecule has 0 bridgehead atoms. The van der Waals surface area contributed by atoms with Crippen LogP contribution >= 0.6 is 23.2 Å². The molecule has 3 aromatic carbocycles. The second kappa shape index (κ2) is 14.4. The normalized spacial score (nSPS) is 11.9. The van der Waals surface area contributed by atoms with E-state index in [1.807, 2.05) is 25.1 Å². The molecule has 40 heavy (non-hydrogen) atoms. The molecule has 0 aliphatic rings. The van der Waals surface area contributed by atoms with Gasteiger partial charge in [0.25, 0.3) is 0 Å². The van der Waals surface area contributed by atoms with Gasteiger partial charge in [0, 0.05) is 28.7 Å². The van der Waals surface area contributed by atoms with Gasteiger partial charge in [-0.3, -0.25) is 13.9 Å². The van der Waals surface area contributed by atoms with Crippen LogP contribution in [0.3, 0.4) is 0 Å². The minimum atomic E-state index is -3.88. The van der Waals surface area contributed by atoms with Gasteiger partial charge in [-0.1, -0.05) is 61.3 Å². The largest absolute Gasteiger partial charge is 0.457 e. The number of hydrogen-bond donors (Lipinski definition) is 1. The van der Waals surface area contributed by atoms with Crippen LogP contribution in [0, 0.1) is 0 Å². The van der Waals surface area contributed by atoms with E-state index < -0.39 is 28.5 Å². The van der Waals surface area contributed by atoms with Gasteiger partial charge >= 0.3 is 0 Å². The number of benzene rings is 3. The van der Waals surface area contributed by atoms with E-state index >= 15 is 0 Å². The number of carbonyl (C=O) groups excluding carboxylic acids is 2. The van der Waals surface area contributed by atoms with Crippen molar-refractivity contribution >= 4 is 50.7 Å². The molecule has 11 heteroatoms. The first kappa shape index (κ1) is 31.3. The Labute approximate surface area is 245 Å². The maximum atomic E-state index is 13.8. The van der Waals surface area contributed by atoms with Crippen molar-refractivity contribution in [3.05, 3.63) is 88.4 Å². The van der Waals surface area contributed by atoms with Crippen molar-refractivity contribution in [3.8, 4) is 11.5 Å². The molecular weight excluding hydrogens is 573 g/mol. The molecule has 0 radical (unpaired) electrons. The molecule has 0 saturated heterocycles. The molecule has 0 unspecified atom stereocenters. The summed E-state index contributed by atoms with van der Waals surface area (Å²) in [7, 11) is -3.88. The van der Waals surface area contributed by atoms with Crippen molar-refractivity contribution in [2.75, 3.05) is 23.7 Å². The summed E-state index contributed by atoms with van der Waals surface area (Å²) >= 11 is 12.8. The summed E-state index contributed by atoms with van der Waals surface area (Å²) in [5.74, 6) is 0.216. The van der Waals surface area contributed by atoms with Gasteiger partial charge in [0.15, 0.2) is 0 Å². The molecule has 0 heterocycles. The molecule has 0 spiro atoms. The average molecular weight is 607 g/mol. The van der Waals surface area contributed by atoms with Crippen LogP contribution in [0.25, 0.3) is 0 Å². The number of nitrogens with one attached hydrogen (secondary N) is 1. The zero-order chi connectivity index (χ0) is 29.3. The zero-order valence-electron chi connectivity index (χ0n) is 22.6. The van der Waals surface area contributed by atoms with E-state index in [2.05, 4.69) is 5.32 Å². The molecule has 2 amide bonds. The minimum Gasteiger partial charge on any atom is -0.457 e. The highest BCUT2D eigenvalue weighted by molar-refractivity contribution is 7.92. The van der Waals surface area contributed by atoms with Crippen molar-refractivity contribution in [1.82, 2.24) is 10.2 Å². The Morgan fingerprint density at radius 1 is 0.900 bits per heavy atom. The number of sulfonamides is 1. The first-order valence-corrected chi connectivity index (χ1v) is 15.5. The monoisotopic (exact) mass is 605 g/mol. The molecule has 214 valence electrons. The molecular formula is C29H33Cl2N3O5S. The second-order valence-corrected chi connectivity index (χ2v) is 11.8. The van der Waals surface area contributed by atoms with Crippen LogP contribution in [0.2, 0.25) is 10.0 Å². The lowest BCUT2D eigenvalue weighted by atomic mass is 10.1. The Balaban J connectivity index is 1.92. The van der Waals surface area contributed by atoms with Gasteiger partial charge in [-0.25, -0.2) is 8.42 Å². The van der Waals surface area contributed by atoms with Gasteiger partial charge in [-0.05, 0) is 61.4 Å². The predicted octanol–water partition coefficient (Wildman–Crippen LogP) is 5.89. The third kappa shape index (κ3) is 8.36. The smallest absolute Gasteiger partial charge is 0.244 e. The van der Waals surface area contributed by atoms with E-state index in [1.54, 1.807) is 61.5 Å². The molecule has 1 N–H and O–H groups in total. The lowest BCUT2D eigenvalue weighted by Gasteiger charge is -2.33. The number of rotatable bonds is 13. The summed E-state index contributed by atoms with van der Waals surface area (Å²) in [4.78, 5) is 28.2. The fourth-order valence-electron chi connectivity index (χ4n) is 4.06. The SMILES string of the molecule is CCCNC(=O)[C@H](CC)N(Cc1c(Cl)cccc1Cl)C(=O)CN(c1ccc(Oc2ccccc2)cc1)S(C)(=O)=O. The van der Waals surface area contributed by atoms with Crippen molar-refractivity contribution in [3.63, 3.8) is 0 Å². The van der Waals surface area contributed by atoms with Gasteiger partial charge in [-0.2, -0.15) is 0 Å². The van der Waals surface area contributed by atoms with Crippen LogP contribution in [-0.2, 0) is 26.2 Å². The van der Waals surface area contributed by atoms with Crippen LogP contribution in [0.15, 0.2) is 72.8 Å². The zero-order valence-corrected chi connectivity index (χ0v) is 25.0. The van der Waals surface area contributed by atoms with E-state index in [9.17, 15) is 18.0 Å². The number of nitrogens with zero attached hydrogens (tertiary/aromatic N) is 2. The number of ether oxygens (including phenoxy) is 1. The van der Waals surface area contributed by atoms with Crippen LogP contribution in [-0.4, -0.2) is 50.5 Å². The summed E-state index contributed by atoms with van der Waals surface area (Å²) in [5.41, 5.74) is 0.740. The third-order valence-corrected chi connectivity index (χ3v) is 7.96. The average Bonchev–Trinajstić information content (AvgIpc) is 2.92. The van der Waals surface area contributed by atoms with Crippen LogP contribution < -0.4 is 14.4 Å². The first-order chi connectivity index (χ1) is 19.0. The van der Waals surface area contributed by atoms with Crippen molar-refractivity contribution in [2.24, 2.45) is 0 Å². The molecule has 0 saturated carbocycles. The maximum absolute atomic E-state index is 13.8. The third-order valence-electron chi connectivity index (χ3n) is 6.11. The standard InChI is InChI=1S/C29H33Cl2N3O5S/c1-4-18-32-29(36)27(5-2)33(19-24-25(30)12-9-13-26(24)31)28(35)20-34(40(3,37)38)21-14-16-23(17-15-21)39-22-10-7-6-8-11-22/h6-17,27H,4-5,18-20H2,1-3H3,(H,32,36)/t27-/m0/s1. The Kier molecular flexibility index (Phi) is 11.2. The minimum absolute atomic E-state index is 0.0726. The topological polar surface area (TPSA) is 96.0 Å². The summed E-state index contributed by atoms with van der Waals surface area (Å²) < 4.78 is 32.5. The Bertz CT molecular complexity index is 1380. The highest BCUT2D eigenvalue weighted by atomic mass is 35.5. The van der Waals surface area contributed by atoms with Crippen molar-refractivity contribution in [2.45, 2.75) is 39.3 Å². The molecule has 8 nitrogen and oxygen atoms in total. The molecule has 1 atom stereocenters. The summed E-state index contributed by atoms with van der Waals surface area (Å²) in [6, 6.07) is 19.6. The van der Waals surface area contributed by atoms with Crippen LogP contribution in [0.1, 0.15) is 32.3 Å². The molecule has 0 aliphatic carbocycles. The second-order valence-electron chi connectivity index (χ2n) is 9.12. The van der Waals surface area contributed by atoms with Gasteiger partial charge in [0.2, 0.25) is 21.8 Å². The van der Waals surface area contributed by atoms with Gasteiger partial charge in [-0.15, -0.1) is 0 Å².